The molecule has 0 amide bonds. The van der Waals surface area contributed by atoms with Crippen LogP contribution in [0, 0.1) is 0 Å². The molecular formula is C17H23NO. The Kier molecular flexibility index (Phi) is 4.11. The number of benzene rings is 1. The van der Waals surface area contributed by atoms with Crippen LogP contribution in [0.1, 0.15) is 45.6 Å². The van der Waals surface area contributed by atoms with E-state index in [0.29, 0.717) is 6.04 Å². The number of rotatable bonds is 5. The van der Waals surface area contributed by atoms with Crippen LogP contribution in [0.2, 0.25) is 0 Å². The predicted octanol–water partition coefficient (Wildman–Crippen LogP) is 3.73. The van der Waals surface area contributed by atoms with Crippen molar-refractivity contribution in [3.8, 4) is 0 Å². The summed E-state index contributed by atoms with van der Waals surface area (Å²) in [6.45, 7) is 8.02. The Balaban J connectivity index is 2.07. The molecule has 1 aromatic rings. The normalized spacial score (nSPS) is 19.9. The van der Waals surface area contributed by atoms with Gasteiger partial charge in [0.15, 0.2) is 0 Å². The van der Waals surface area contributed by atoms with E-state index in [9.17, 15) is 4.79 Å². The Labute approximate surface area is 116 Å². The molecule has 0 aliphatic carbocycles. The second-order valence-electron chi connectivity index (χ2n) is 5.93. The van der Waals surface area contributed by atoms with Crippen molar-refractivity contribution in [2.75, 3.05) is 11.4 Å². The van der Waals surface area contributed by atoms with E-state index in [0.717, 1.165) is 25.8 Å². The molecule has 1 aromatic carbocycles. The van der Waals surface area contributed by atoms with Crippen LogP contribution in [-0.2, 0) is 10.2 Å². The molecule has 1 atom stereocenters. The van der Waals surface area contributed by atoms with Gasteiger partial charge in [0.25, 0.3) is 0 Å². The molecule has 0 aromatic heterocycles. The molecule has 0 saturated carbocycles. The van der Waals surface area contributed by atoms with Gasteiger partial charge in [0.05, 0.1) is 0 Å². The van der Waals surface area contributed by atoms with Crippen LogP contribution < -0.4 is 4.90 Å². The Morgan fingerprint density at radius 3 is 2.79 bits per heavy atom. The maximum absolute atomic E-state index is 10.1. The molecule has 0 N–H and O–H groups in total. The van der Waals surface area contributed by atoms with Crippen molar-refractivity contribution in [1.29, 1.82) is 0 Å². The molecule has 1 aliphatic heterocycles. The highest BCUT2D eigenvalue weighted by atomic mass is 16.1. The lowest BCUT2D eigenvalue weighted by atomic mass is 9.81. The first-order valence-corrected chi connectivity index (χ1v) is 7.14. The van der Waals surface area contributed by atoms with E-state index in [-0.39, 0.29) is 5.41 Å². The predicted molar refractivity (Wildman–Crippen MR) is 80.4 cm³/mol. The zero-order chi connectivity index (χ0) is 13.9. The van der Waals surface area contributed by atoms with Gasteiger partial charge in [0.2, 0.25) is 0 Å². The fourth-order valence-electron chi connectivity index (χ4n) is 2.99. The summed E-state index contributed by atoms with van der Waals surface area (Å²) in [5, 5.41) is 0. The highest BCUT2D eigenvalue weighted by Gasteiger charge is 2.40. The molecule has 1 heterocycles. The molecule has 0 bridgehead atoms. The average Bonchev–Trinajstić information content (AvgIpc) is 2.60. The molecule has 2 heteroatoms. The van der Waals surface area contributed by atoms with E-state index in [2.05, 4.69) is 49.9 Å². The minimum atomic E-state index is 0.208. The first kappa shape index (κ1) is 13.9. The van der Waals surface area contributed by atoms with Gasteiger partial charge in [-0.15, -0.1) is 0 Å². The van der Waals surface area contributed by atoms with E-state index in [1.54, 1.807) is 6.08 Å². The van der Waals surface area contributed by atoms with Crippen molar-refractivity contribution >= 4 is 11.6 Å². The van der Waals surface area contributed by atoms with E-state index in [1.807, 2.05) is 5.94 Å². The molecule has 1 unspecified atom stereocenters. The van der Waals surface area contributed by atoms with Crippen molar-refractivity contribution in [3.63, 3.8) is 0 Å². The fraction of sp³-hybridized carbons (Fsp3) is 0.529. The lowest BCUT2D eigenvalue weighted by Crippen LogP contribution is -2.39. The SMILES string of the molecule is CC1N(CCCCC=C=O)c2ccccc2C1(C)C. The zero-order valence-electron chi connectivity index (χ0n) is 12.1. The van der Waals surface area contributed by atoms with E-state index >= 15 is 0 Å². The lowest BCUT2D eigenvalue weighted by molar-refractivity contribution is 0.438. The van der Waals surface area contributed by atoms with Crippen molar-refractivity contribution in [2.24, 2.45) is 0 Å². The van der Waals surface area contributed by atoms with E-state index < -0.39 is 0 Å². The minimum Gasteiger partial charge on any atom is -0.368 e. The van der Waals surface area contributed by atoms with Crippen molar-refractivity contribution in [3.05, 3.63) is 35.9 Å². The third-order valence-electron chi connectivity index (χ3n) is 4.50. The fourth-order valence-corrected chi connectivity index (χ4v) is 2.99. The van der Waals surface area contributed by atoms with Crippen LogP contribution in [0.15, 0.2) is 30.3 Å². The van der Waals surface area contributed by atoms with Crippen LogP contribution in [0.4, 0.5) is 5.69 Å². The van der Waals surface area contributed by atoms with Gasteiger partial charge in [-0.25, -0.2) is 4.79 Å². The number of anilines is 1. The van der Waals surface area contributed by atoms with Gasteiger partial charge in [-0.1, -0.05) is 32.0 Å². The van der Waals surface area contributed by atoms with Crippen LogP contribution in [0.3, 0.4) is 0 Å². The van der Waals surface area contributed by atoms with Gasteiger partial charge >= 0.3 is 0 Å². The number of hydrogen-bond acceptors (Lipinski definition) is 2. The number of para-hydroxylation sites is 1. The molecule has 2 rings (SSSR count). The number of unbranched alkanes of at least 4 members (excludes halogenated alkanes) is 2. The van der Waals surface area contributed by atoms with Crippen LogP contribution in [0.25, 0.3) is 0 Å². The minimum absolute atomic E-state index is 0.208. The summed E-state index contributed by atoms with van der Waals surface area (Å²) in [5.41, 5.74) is 3.04. The van der Waals surface area contributed by atoms with Gasteiger partial charge < -0.3 is 4.90 Å². The van der Waals surface area contributed by atoms with Gasteiger partial charge in [-0.3, -0.25) is 0 Å². The third kappa shape index (κ3) is 2.59. The standard InChI is InChI=1S/C17H23NO/c1-14-17(2,3)15-10-6-7-11-16(15)18(14)12-8-4-5-9-13-19/h6-7,9-11,14H,4-5,8,12H2,1-3H3. The molecule has 1 aliphatic rings. The molecule has 0 radical (unpaired) electrons. The second kappa shape index (κ2) is 5.63. The number of allylic oxidation sites excluding steroid dienone is 1. The van der Waals surface area contributed by atoms with Gasteiger partial charge in [-0.05, 0) is 43.9 Å². The summed E-state index contributed by atoms with van der Waals surface area (Å²) in [7, 11) is 0. The quantitative estimate of drug-likeness (QED) is 0.591. The topological polar surface area (TPSA) is 20.3 Å². The van der Waals surface area contributed by atoms with Crippen LogP contribution in [-0.4, -0.2) is 18.5 Å². The summed E-state index contributed by atoms with van der Waals surface area (Å²) < 4.78 is 0. The number of hydrogen-bond donors (Lipinski definition) is 0. The van der Waals surface area contributed by atoms with Crippen molar-refractivity contribution in [2.45, 2.75) is 51.5 Å². The number of fused-ring (bicyclic) bond motifs is 1. The number of nitrogens with zero attached hydrogens (tertiary/aromatic N) is 1. The highest BCUT2D eigenvalue weighted by molar-refractivity contribution is 5.63. The number of carbonyl (C=O) groups excluding carboxylic acids is 1. The second-order valence-corrected chi connectivity index (χ2v) is 5.93. The third-order valence-corrected chi connectivity index (χ3v) is 4.50. The molecular weight excluding hydrogens is 234 g/mol. The maximum atomic E-state index is 10.1. The van der Waals surface area contributed by atoms with E-state index in [1.165, 1.54) is 11.3 Å². The van der Waals surface area contributed by atoms with Crippen LogP contribution in [0.5, 0.6) is 0 Å². The Morgan fingerprint density at radius 2 is 2.05 bits per heavy atom. The monoisotopic (exact) mass is 257 g/mol. The van der Waals surface area contributed by atoms with Crippen molar-refractivity contribution in [1.82, 2.24) is 0 Å². The molecule has 0 fully saturated rings. The molecule has 2 nitrogen and oxygen atoms in total. The summed E-state index contributed by atoms with van der Waals surface area (Å²) in [5.74, 6) is 1.85. The molecule has 19 heavy (non-hydrogen) atoms. The maximum Gasteiger partial charge on any atom is 0.120 e. The summed E-state index contributed by atoms with van der Waals surface area (Å²) in [6, 6.07) is 9.25. The van der Waals surface area contributed by atoms with Gasteiger partial charge in [-0.2, -0.15) is 0 Å². The highest BCUT2D eigenvalue weighted by Crippen LogP contribution is 2.44. The largest absolute Gasteiger partial charge is 0.368 e. The summed E-state index contributed by atoms with van der Waals surface area (Å²) in [6.07, 6.45) is 4.61. The van der Waals surface area contributed by atoms with Crippen LogP contribution >= 0.6 is 0 Å². The first-order valence-electron chi connectivity index (χ1n) is 7.14. The Bertz CT molecular complexity index is 486. The summed E-state index contributed by atoms with van der Waals surface area (Å²) in [4.78, 5) is 12.6. The molecule has 0 saturated heterocycles. The lowest BCUT2D eigenvalue weighted by Gasteiger charge is -2.31. The Morgan fingerprint density at radius 1 is 1.32 bits per heavy atom. The molecule has 102 valence electrons. The summed E-state index contributed by atoms with van der Waals surface area (Å²) >= 11 is 0. The van der Waals surface area contributed by atoms with Crippen molar-refractivity contribution < 1.29 is 4.79 Å². The Hall–Kier alpha value is -1.53. The van der Waals surface area contributed by atoms with Gasteiger partial charge in [0.1, 0.15) is 5.94 Å². The van der Waals surface area contributed by atoms with E-state index in [4.69, 9.17) is 0 Å². The molecule has 0 spiro atoms. The first-order chi connectivity index (χ1) is 9.09. The van der Waals surface area contributed by atoms with Gasteiger partial charge in [0, 0.05) is 23.7 Å². The average molecular weight is 257 g/mol. The zero-order valence-corrected chi connectivity index (χ0v) is 12.1. The smallest absolute Gasteiger partial charge is 0.120 e.